The number of sulfonamides is 1. The van der Waals surface area contributed by atoms with E-state index in [2.05, 4.69) is 4.72 Å². The third-order valence-corrected chi connectivity index (χ3v) is 4.76. The number of hydrogen-bond donors (Lipinski definition) is 1. The van der Waals surface area contributed by atoms with E-state index in [4.69, 9.17) is 0 Å². The fourth-order valence-electron chi connectivity index (χ4n) is 2.01. The van der Waals surface area contributed by atoms with Crippen molar-refractivity contribution in [3.05, 3.63) is 60.2 Å². The summed E-state index contributed by atoms with van der Waals surface area (Å²) in [5.41, 5.74) is 1.21. The standard InChI is InChI=1S/C16H18N2O3S/c1-3-17-22(20,21)15-11-9-13(10-12-15)16(19)18(2)14-7-5-4-6-8-14/h4-12,17H,3H2,1-2H3. The van der Waals surface area contributed by atoms with Crippen LogP contribution in [0.3, 0.4) is 0 Å². The van der Waals surface area contributed by atoms with E-state index in [1.165, 1.54) is 29.2 Å². The summed E-state index contributed by atoms with van der Waals surface area (Å²) in [5.74, 6) is -0.196. The molecule has 0 aromatic heterocycles. The molecule has 2 rings (SSSR count). The van der Waals surface area contributed by atoms with Crippen molar-refractivity contribution < 1.29 is 13.2 Å². The number of benzene rings is 2. The molecule has 5 nitrogen and oxygen atoms in total. The van der Waals surface area contributed by atoms with Crippen molar-refractivity contribution in [1.82, 2.24) is 4.72 Å². The van der Waals surface area contributed by atoms with Crippen LogP contribution in [0.15, 0.2) is 59.5 Å². The second kappa shape index (κ2) is 6.72. The van der Waals surface area contributed by atoms with Crippen LogP contribution in [0, 0.1) is 0 Å². The number of nitrogens with one attached hydrogen (secondary N) is 1. The number of hydrogen-bond acceptors (Lipinski definition) is 3. The fourth-order valence-corrected chi connectivity index (χ4v) is 3.05. The highest BCUT2D eigenvalue weighted by atomic mass is 32.2. The Hall–Kier alpha value is -2.18. The largest absolute Gasteiger partial charge is 0.311 e. The topological polar surface area (TPSA) is 66.5 Å². The Bertz CT molecular complexity index is 741. The van der Waals surface area contributed by atoms with Crippen LogP contribution in [0.5, 0.6) is 0 Å². The maximum atomic E-state index is 12.4. The molecule has 1 N–H and O–H groups in total. The van der Waals surface area contributed by atoms with Crippen LogP contribution in [-0.4, -0.2) is 27.9 Å². The summed E-state index contributed by atoms with van der Waals surface area (Å²) in [7, 11) is -1.82. The van der Waals surface area contributed by atoms with Crippen LogP contribution in [0.4, 0.5) is 5.69 Å². The third-order valence-electron chi connectivity index (χ3n) is 3.19. The summed E-state index contributed by atoms with van der Waals surface area (Å²) < 4.78 is 26.1. The molecule has 0 atom stereocenters. The zero-order chi connectivity index (χ0) is 16.2. The minimum atomic E-state index is -3.50. The molecule has 1 amide bonds. The number of anilines is 1. The smallest absolute Gasteiger partial charge is 0.258 e. The highest BCUT2D eigenvalue weighted by molar-refractivity contribution is 7.89. The van der Waals surface area contributed by atoms with Crippen molar-refractivity contribution in [3.8, 4) is 0 Å². The molecule has 0 fully saturated rings. The van der Waals surface area contributed by atoms with E-state index in [9.17, 15) is 13.2 Å². The fraction of sp³-hybridized carbons (Fsp3) is 0.188. The van der Waals surface area contributed by atoms with Crippen molar-refractivity contribution in [2.75, 3.05) is 18.5 Å². The van der Waals surface area contributed by atoms with Gasteiger partial charge < -0.3 is 4.90 Å². The molecule has 0 saturated carbocycles. The summed E-state index contributed by atoms with van der Waals surface area (Å²) in [4.78, 5) is 14.1. The molecule has 6 heteroatoms. The SMILES string of the molecule is CCNS(=O)(=O)c1ccc(C(=O)N(C)c2ccccc2)cc1. The van der Waals surface area contributed by atoms with Gasteiger partial charge in [0.25, 0.3) is 5.91 Å². The number of para-hydroxylation sites is 1. The molecule has 116 valence electrons. The summed E-state index contributed by atoms with van der Waals surface area (Å²) in [5, 5.41) is 0. The van der Waals surface area contributed by atoms with E-state index >= 15 is 0 Å². The first-order valence-corrected chi connectivity index (χ1v) is 8.37. The average Bonchev–Trinajstić information content (AvgIpc) is 2.54. The number of amides is 1. The van der Waals surface area contributed by atoms with Gasteiger partial charge in [0, 0.05) is 24.8 Å². The number of carbonyl (C=O) groups excluding carboxylic acids is 1. The van der Waals surface area contributed by atoms with Crippen LogP contribution in [-0.2, 0) is 10.0 Å². The lowest BCUT2D eigenvalue weighted by molar-refractivity contribution is 0.0993. The van der Waals surface area contributed by atoms with Crippen LogP contribution in [0.25, 0.3) is 0 Å². The van der Waals surface area contributed by atoms with E-state index in [1.54, 1.807) is 14.0 Å². The highest BCUT2D eigenvalue weighted by Gasteiger charge is 2.16. The summed E-state index contributed by atoms with van der Waals surface area (Å²) in [6, 6.07) is 15.2. The van der Waals surface area contributed by atoms with Crippen molar-refractivity contribution in [2.24, 2.45) is 0 Å². The lowest BCUT2D eigenvalue weighted by Crippen LogP contribution is -2.26. The van der Waals surface area contributed by atoms with Gasteiger partial charge in [-0.2, -0.15) is 0 Å². The van der Waals surface area contributed by atoms with Gasteiger partial charge in [-0.15, -0.1) is 0 Å². The Morgan fingerprint density at radius 2 is 1.64 bits per heavy atom. The molecule has 0 radical (unpaired) electrons. The molecule has 0 heterocycles. The van der Waals surface area contributed by atoms with E-state index in [1.807, 2.05) is 30.3 Å². The van der Waals surface area contributed by atoms with Crippen LogP contribution < -0.4 is 9.62 Å². The molecule has 0 aliphatic carbocycles. The molecule has 0 saturated heterocycles. The van der Waals surface area contributed by atoms with Gasteiger partial charge >= 0.3 is 0 Å². The zero-order valence-electron chi connectivity index (χ0n) is 12.5. The van der Waals surface area contributed by atoms with Crippen LogP contribution >= 0.6 is 0 Å². The van der Waals surface area contributed by atoms with Crippen molar-refractivity contribution in [3.63, 3.8) is 0 Å². The Morgan fingerprint density at radius 1 is 1.05 bits per heavy atom. The molecular weight excluding hydrogens is 300 g/mol. The van der Waals surface area contributed by atoms with Gasteiger partial charge in [-0.1, -0.05) is 25.1 Å². The van der Waals surface area contributed by atoms with Crippen molar-refractivity contribution in [2.45, 2.75) is 11.8 Å². The monoisotopic (exact) mass is 318 g/mol. The van der Waals surface area contributed by atoms with Crippen molar-refractivity contribution in [1.29, 1.82) is 0 Å². The molecule has 0 unspecified atom stereocenters. The summed E-state index contributed by atoms with van der Waals surface area (Å²) in [6.07, 6.45) is 0. The number of carbonyl (C=O) groups is 1. The minimum Gasteiger partial charge on any atom is -0.311 e. The number of nitrogens with zero attached hydrogens (tertiary/aromatic N) is 1. The van der Waals surface area contributed by atoms with Crippen LogP contribution in [0.2, 0.25) is 0 Å². The summed E-state index contributed by atoms with van der Waals surface area (Å²) >= 11 is 0. The molecular formula is C16H18N2O3S. The first-order chi connectivity index (χ1) is 10.5. The maximum Gasteiger partial charge on any atom is 0.258 e. The lowest BCUT2D eigenvalue weighted by atomic mass is 10.2. The molecule has 0 aliphatic heterocycles. The zero-order valence-corrected chi connectivity index (χ0v) is 13.3. The predicted molar refractivity (Wildman–Crippen MR) is 86.5 cm³/mol. The molecule has 22 heavy (non-hydrogen) atoms. The Morgan fingerprint density at radius 3 is 2.18 bits per heavy atom. The second-order valence-electron chi connectivity index (χ2n) is 4.73. The van der Waals surface area contributed by atoms with Gasteiger partial charge in [-0.3, -0.25) is 4.79 Å². The average molecular weight is 318 g/mol. The van der Waals surface area contributed by atoms with Gasteiger partial charge in [-0.25, -0.2) is 13.1 Å². The van der Waals surface area contributed by atoms with E-state index in [-0.39, 0.29) is 10.8 Å². The van der Waals surface area contributed by atoms with Gasteiger partial charge in [-0.05, 0) is 36.4 Å². The molecule has 0 bridgehead atoms. The normalized spacial score (nSPS) is 11.2. The Labute approximate surface area is 130 Å². The van der Waals surface area contributed by atoms with Gasteiger partial charge in [0.05, 0.1) is 4.90 Å². The maximum absolute atomic E-state index is 12.4. The molecule has 0 spiro atoms. The minimum absolute atomic E-state index is 0.147. The third kappa shape index (κ3) is 3.52. The molecule has 2 aromatic carbocycles. The van der Waals surface area contributed by atoms with E-state index in [0.717, 1.165) is 5.69 Å². The first kappa shape index (κ1) is 16.2. The highest BCUT2D eigenvalue weighted by Crippen LogP contribution is 2.16. The van der Waals surface area contributed by atoms with E-state index < -0.39 is 10.0 Å². The Kier molecular flexibility index (Phi) is 4.95. The summed E-state index contributed by atoms with van der Waals surface area (Å²) in [6.45, 7) is 2.03. The quantitative estimate of drug-likeness (QED) is 0.919. The molecule has 0 aliphatic rings. The predicted octanol–water partition coefficient (Wildman–Crippen LogP) is 2.26. The first-order valence-electron chi connectivity index (χ1n) is 6.88. The van der Waals surface area contributed by atoms with E-state index in [0.29, 0.717) is 12.1 Å². The van der Waals surface area contributed by atoms with Gasteiger partial charge in [0.2, 0.25) is 10.0 Å². The lowest BCUT2D eigenvalue weighted by Gasteiger charge is -2.17. The van der Waals surface area contributed by atoms with Crippen LogP contribution in [0.1, 0.15) is 17.3 Å². The number of rotatable bonds is 5. The van der Waals surface area contributed by atoms with Gasteiger partial charge in [0.15, 0.2) is 0 Å². The molecule has 2 aromatic rings. The van der Waals surface area contributed by atoms with Crippen molar-refractivity contribution >= 4 is 21.6 Å². The second-order valence-corrected chi connectivity index (χ2v) is 6.49. The Balaban J connectivity index is 2.22. The van der Waals surface area contributed by atoms with Gasteiger partial charge in [0.1, 0.15) is 0 Å².